The summed E-state index contributed by atoms with van der Waals surface area (Å²) in [5.41, 5.74) is 19.6. The van der Waals surface area contributed by atoms with Crippen molar-refractivity contribution in [3.8, 4) is 22.3 Å². The van der Waals surface area contributed by atoms with Gasteiger partial charge in [-0.1, -0.05) is 0 Å². The van der Waals surface area contributed by atoms with Gasteiger partial charge in [-0.15, -0.1) is 0 Å². The van der Waals surface area contributed by atoms with E-state index in [1.165, 1.54) is 77.9 Å². The Morgan fingerprint density at radius 3 is 1.21 bits per heavy atom. The van der Waals surface area contributed by atoms with Crippen molar-refractivity contribution >= 4 is 35.1 Å². The van der Waals surface area contributed by atoms with Crippen LogP contribution in [0, 0.1) is 11.8 Å². The molecule has 0 saturated carbocycles. The average Bonchev–Trinajstić information content (AvgIpc) is 3.72. The van der Waals surface area contributed by atoms with Gasteiger partial charge in [0, 0.05) is 0 Å². The van der Waals surface area contributed by atoms with E-state index in [1.54, 1.807) is 0 Å². The molecule has 4 heteroatoms. The molecule has 4 aromatic rings. The zero-order chi connectivity index (χ0) is 37.9. The molecule has 2 aliphatic carbocycles. The van der Waals surface area contributed by atoms with E-state index in [9.17, 15) is 0 Å². The van der Waals surface area contributed by atoms with Crippen LogP contribution in [0.1, 0.15) is 133 Å². The second-order valence-electron chi connectivity index (χ2n) is 17.2. The van der Waals surface area contributed by atoms with Gasteiger partial charge in [0.15, 0.2) is 0 Å². The molecule has 0 bridgehead atoms. The van der Waals surface area contributed by atoms with Crippen molar-refractivity contribution in [2.75, 3.05) is 0 Å². The van der Waals surface area contributed by atoms with Crippen molar-refractivity contribution in [1.82, 2.24) is 0 Å². The standard InChI is InChI=1S/2C23H27.C2H7Si.2ClH.Zr/c2*1-6-17-11-12-18-13-19(15(2)3)14-22(18)23(17)21-10-8-7-9-20(21)16(4)5;1-3-2;;;/h2*7-16H,6H2,1-5H3;3H,1-2H3;2*1H;/q;;;;;+2/p-2. The predicted molar refractivity (Wildman–Crippen MR) is 232 cm³/mol. The van der Waals surface area contributed by atoms with Crippen molar-refractivity contribution in [2.45, 2.75) is 114 Å². The van der Waals surface area contributed by atoms with Gasteiger partial charge in [-0.2, -0.15) is 0 Å². The number of hydrogen-bond acceptors (Lipinski definition) is 0. The van der Waals surface area contributed by atoms with Crippen molar-refractivity contribution in [3.63, 3.8) is 0 Å². The number of benzene rings is 4. The molecule has 275 valence electrons. The molecule has 0 aliphatic heterocycles. The second kappa shape index (κ2) is 14.9. The predicted octanol–water partition coefficient (Wildman–Crippen LogP) is 15.3. The summed E-state index contributed by atoms with van der Waals surface area (Å²) in [6, 6.07) is 27.9. The molecule has 2 atom stereocenters. The molecule has 0 fully saturated rings. The number of halogens is 2. The normalized spacial score (nSPS) is 17.9. The van der Waals surface area contributed by atoms with Crippen LogP contribution in [0.3, 0.4) is 0 Å². The summed E-state index contributed by atoms with van der Waals surface area (Å²) in [7, 11) is 17.9. The van der Waals surface area contributed by atoms with Gasteiger partial charge in [0.1, 0.15) is 0 Å². The Bertz CT molecular complexity index is 1920. The van der Waals surface area contributed by atoms with E-state index in [4.69, 9.17) is 17.0 Å². The maximum absolute atomic E-state index is 8.94. The summed E-state index contributed by atoms with van der Waals surface area (Å²) < 4.78 is 0.135. The van der Waals surface area contributed by atoms with E-state index < -0.39 is 21.5 Å². The fourth-order valence-electron chi connectivity index (χ4n) is 9.78. The van der Waals surface area contributed by atoms with Gasteiger partial charge in [0.25, 0.3) is 0 Å². The molecule has 0 radical (unpaired) electrons. The number of rotatable bonds is 11. The molecule has 2 unspecified atom stereocenters. The van der Waals surface area contributed by atoms with Crippen molar-refractivity contribution in [3.05, 3.63) is 128 Å². The van der Waals surface area contributed by atoms with E-state index >= 15 is 0 Å². The molecule has 0 amide bonds. The summed E-state index contributed by atoms with van der Waals surface area (Å²) in [5.74, 6) is -0.201. The van der Waals surface area contributed by atoms with Crippen LogP contribution >= 0.6 is 17.0 Å². The summed E-state index contributed by atoms with van der Waals surface area (Å²) in [6.45, 7) is 28.3. The molecule has 6 rings (SSSR count). The third-order valence-corrected chi connectivity index (χ3v) is 64.3. The Kier molecular flexibility index (Phi) is 11.4. The SMILES string of the molecule is CCc1ccc2c(c1-c1ccccc1C(C)C)C=C(C(C)C)[CH]2[Zr]([Cl])([Cl])([CH]1C(C(C)C)=Cc2c1ccc(CC)c2-c1ccccc1C(C)C)[SiH](C)C. The third kappa shape index (κ3) is 6.29. The van der Waals surface area contributed by atoms with Gasteiger partial charge in [-0.3, -0.25) is 0 Å². The molecule has 0 heterocycles. The van der Waals surface area contributed by atoms with E-state index in [1.807, 2.05) is 0 Å². The Labute approximate surface area is 324 Å². The Balaban J connectivity index is 1.69. The molecule has 0 spiro atoms. The van der Waals surface area contributed by atoms with E-state index in [2.05, 4.69) is 167 Å². The number of fused-ring (bicyclic) bond motifs is 2. The molecule has 0 aromatic heterocycles. The molecule has 0 N–H and O–H groups in total. The van der Waals surface area contributed by atoms with Crippen molar-refractivity contribution in [1.29, 1.82) is 0 Å². The number of allylic oxidation sites excluding steroid dienone is 2. The first-order valence-electron chi connectivity index (χ1n) is 20.1. The van der Waals surface area contributed by atoms with Gasteiger partial charge in [0.2, 0.25) is 0 Å². The quantitative estimate of drug-likeness (QED) is 0.132. The molecule has 0 nitrogen and oxygen atoms in total. The first-order valence-corrected chi connectivity index (χ1v) is 36.4. The minimum absolute atomic E-state index is 0.0673. The molecule has 2 aliphatic rings. The Morgan fingerprint density at radius 2 is 0.904 bits per heavy atom. The first kappa shape index (κ1) is 39.7. The van der Waals surface area contributed by atoms with Gasteiger partial charge >= 0.3 is 327 Å². The van der Waals surface area contributed by atoms with Crippen LogP contribution in [0.2, 0.25) is 13.1 Å². The fourth-order valence-corrected chi connectivity index (χ4v) is 41.3. The Morgan fingerprint density at radius 1 is 0.538 bits per heavy atom. The second-order valence-corrected chi connectivity index (χ2v) is 59.7. The Hall–Kier alpha value is -1.96. The van der Waals surface area contributed by atoms with Crippen LogP contribution in [0.25, 0.3) is 34.4 Å². The minimum atomic E-state index is -5.00. The molecule has 52 heavy (non-hydrogen) atoms. The summed E-state index contributed by atoms with van der Waals surface area (Å²) in [4.78, 5) is 0. The molecule has 4 aromatic carbocycles. The third-order valence-electron chi connectivity index (χ3n) is 12.6. The molecular formula is C48H61Cl2SiZr. The van der Waals surface area contributed by atoms with E-state index in [-0.39, 0.29) is 7.25 Å². The van der Waals surface area contributed by atoms with Crippen LogP contribution in [-0.4, -0.2) is 5.92 Å². The maximum atomic E-state index is 8.94. The summed E-state index contributed by atoms with van der Waals surface area (Å²) >= 11 is -5.00. The zero-order valence-corrected chi connectivity index (χ0v) is 38.9. The number of hydrogen-bond donors (Lipinski definition) is 0. The van der Waals surface area contributed by atoms with Crippen LogP contribution < -0.4 is 0 Å². The molecule has 0 saturated heterocycles. The number of aryl methyl sites for hydroxylation is 2. The van der Waals surface area contributed by atoms with E-state index in [0.29, 0.717) is 23.7 Å². The van der Waals surface area contributed by atoms with Crippen molar-refractivity contribution in [2.24, 2.45) is 11.8 Å². The van der Waals surface area contributed by atoms with Gasteiger partial charge < -0.3 is 0 Å². The first-order chi connectivity index (χ1) is 24.6. The van der Waals surface area contributed by atoms with Gasteiger partial charge in [-0.05, 0) is 0 Å². The van der Waals surface area contributed by atoms with Gasteiger partial charge in [0.05, 0.1) is 0 Å². The fraction of sp³-hybridized carbons (Fsp3) is 0.417. The topological polar surface area (TPSA) is 0 Å². The van der Waals surface area contributed by atoms with Crippen LogP contribution in [0.5, 0.6) is 0 Å². The van der Waals surface area contributed by atoms with E-state index in [0.717, 1.165) is 12.8 Å². The van der Waals surface area contributed by atoms with Crippen LogP contribution in [0.4, 0.5) is 0 Å². The monoisotopic (exact) mass is 825 g/mol. The average molecular weight is 828 g/mol. The van der Waals surface area contributed by atoms with Gasteiger partial charge in [-0.25, -0.2) is 0 Å². The molecular weight excluding hydrogens is 767 g/mol. The summed E-state index contributed by atoms with van der Waals surface area (Å²) in [6.07, 6.45) is 7.09. The summed E-state index contributed by atoms with van der Waals surface area (Å²) in [5, 5.41) is 0. The zero-order valence-electron chi connectivity index (χ0n) is 33.8. The van der Waals surface area contributed by atoms with Crippen LogP contribution in [0.15, 0.2) is 83.9 Å². The van der Waals surface area contributed by atoms with Crippen LogP contribution in [-0.2, 0) is 28.4 Å². The van der Waals surface area contributed by atoms with Crippen molar-refractivity contribution < 1.29 is 15.6 Å².